The second-order valence-electron chi connectivity index (χ2n) is 7.23. The number of carbonyl (C=O) groups is 1. The third-order valence-corrected chi connectivity index (χ3v) is 6.60. The largest absolute Gasteiger partial charge is 0.506 e. The topological polar surface area (TPSA) is 86.7 Å². The number of aromatic hydroxyl groups is 1. The Balaban J connectivity index is 1.72. The number of hydrogen-bond acceptors (Lipinski definition) is 4. The third-order valence-electron chi connectivity index (χ3n) is 5.21. The summed E-state index contributed by atoms with van der Waals surface area (Å²) < 4.78 is 26.5. The Labute approximate surface area is 143 Å². The van der Waals surface area contributed by atoms with Gasteiger partial charge in [-0.2, -0.15) is 8.42 Å². The van der Waals surface area contributed by atoms with E-state index < -0.39 is 16.1 Å². The maximum absolute atomic E-state index is 11.9. The lowest BCUT2D eigenvalue weighted by Crippen LogP contribution is -2.29. The quantitative estimate of drug-likeness (QED) is 0.871. The SMILES string of the molecule is CC1(CCc2ccc(N3CC(=O)NS3(=O)=O)c(O)c2)CCCCC1. The normalized spacial score (nSPS) is 22.4. The zero-order chi connectivity index (χ0) is 17.4. The fourth-order valence-corrected chi connectivity index (χ4v) is 4.86. The Morgan fingerprint density at radius 1 is 1.25 bits per heavy atom. The van der Waals surface area contributed by atoms with Crippen LogP contribution in [0.15, 0.2) is 18.2 Å². The van der Waals surface area contributed by atoms with Gasteiger partial charge in [0.05, 0.1) is 5.69 Å². The molecule has 1 amide bonds. The molecule has 6 nitrogen and oxygen atoms in total. The van der Waals surface area contributed by atoms with Gasteiger partial charge in [0.15, 0.2) is 0 Å². The van der Waals surface area contributed by atoms with E-state index in [1.54, 1.807) is 12.1 Å². The lowest BCUT2D eigenvalue weighted by Gasteiger charge is -2.33. The summed E-state index contributed by atoms with van der Waals surface area (Å²) in [5.74, 6) is -0.704. The second-order valence-corrected chi connectivity index (χ2v) is 8.83. The number of aryl methyl sites for hydroxylation is 1. The molecule has 1 aliphatic heterocycles. The number of carbonyl (C=O) groups excluding carboxylic acids is 1. The summed E-state index contributed by atoms with van der Waals surface area (Å²) in [7, 11) is -3.89. The predicted molar refractivity (Wildman–Crippen MR) is 92.0 cm³/mol. The fourth-order valence-electron chi connectivity index (χ4n) is 3.70. The molecule has 0 spiro atoms. The van der Waals surface area contributed by atoms with E-state index in [9.17, 15) is 18.3 Å². The monoisotopic (exact) mass is 352 g/mol. The molecule has 0 aromatic heterocycles. The number of nitrogens with zero attached hydrogens (tertiary/aromatic N) is 1. The van der Waals surface area contributed by atoms with Crippen molar-refractivity contribution >= 4 is 21.8 Å². The van der Waals surface area contributed by atoms with Gasteiger partial charge in [0.1, 0.15) is 12.3 Å². The van der Waals surface area contributed by atoms with E-state index in [1.165, 1.54) is 32.1 Å². The van der Waals surface area contributed by atoms with Crippen molar-refractivity contribution in [1.29, 1.82) is 0 Å². The maximum atomic E-state index is 11.9. The molecule has 2 fully saturated rings. The maximum Gasteiger partial charge on any atom is 0.326 e. The van der Waals surface area contributed by atoms with E-state index in [4.69, 9.17) is 0 Å². The minimum absolute atomic E-state index is 0.110. The molecular formula is C17H24N2O4S. The van der Waals surface area contributed by atoms with Crippen molar-refractivity contribution in [3.8, 4) is 5.75 Å². The summed E-state index contributed by atoms with van der Waals surface area (Å²) in [6, 6.07) is 5.02. The molecule has 1 saturated carbocycles. The molecule has 24 heavy (non-hydrogen) atoms. The molecule has 1 aromatic rings. The van der Waals surface area contributed by atoms with Crippen LogP contribution in [0.5, 0.6) is 5.75 Å². The summed E-state index contributed by atoms with van der Waals surface area (Å²) in [6.45, 7) is 2.03. The van der Waals surface area contributed by atoms with E-state index in [0.717, 1.165) is 22.7 Å². The van der Waals surface area contributed by atoms with Crippen molar-refractivity contribution in [2.75, 3.05) is 10.8 Å². The number of nitrogens with one attached hydrogen (secondary N) is 1. The highest BCUT2D eigenvalue weighted by atomic mass is 32.2. The molecule has 1 aromatic carbocycles. The van der Waals surface area contributed by atoms with Crippen LogP contribution in [-0.2, 0) is 21.4 Å². The first-order chi connectivity index (χ1) is 11.3. The highest BCUT2D eigenvalue weighted by Gasteiger charge is 2.35. The lowest BCUT2D eigenvalue weighted by molar-refractivity contribution is -0.117. The van der Waals surface area contributed by atoms with E-state index in [-0.39, 0.29) is 18.0 Å². The van der Waals surface area contributed by atoms with Gasteiger partial charge in [-0.05, 0) is 48.8 Å². The van der Waals surface area contributed by atoms with Gasteiger partial charge >= 0.3 is 10.2 Å². The number of rotatable bonds is 4. The third kappa shape index (κ3) is 3.50. The van der Waals surface area contributed by atoms with Crippen LogP contribution in [-0.4, -0.2) is 26.0 Å². The standard InChI is InChI=1S/C17H24N2O4S/c1-17(8-3-2-4-9-17)10-7-13-5-6-14(15(20)11-13)19-12-16(21)18-24(19,22)23/h5-6,11,20H,2-4,7-10,12H2,1H3,(H,18,21). The van der Waals surface area contributed by atoms with Crippen LogP contribution >= 0.6 is 0 Å². The van der Waals surface area contributed by atoms with Gasteiger partial charge < -0.3 is 5.11 Å². The van der Waals surface area contributed by atoms with Crippen LogP contribution in [0.2, 0.25) is 0 Å². The zero-order valence-electron chi connectivity index (χ0n) is 13.9. The number of phenolic OH excluding ortho intramolecular Hbond substituents is 1. The molecule has 2 N–H and O–H groups in total. The Morgan fingerprint density at radius 2 is 1.96 bits per heavy atom. The summed E-state index contributed by atoms with van der Waals surface area (Å²) >= 11 is 0. The first-order valence-electron chi connectivity index (χ1n) is 8.44. The van der Waals surface area contributed by atoms with Gasteiger partial charge in [0.25, 0.3) is 5.91 Å². The molecule has 3 rings (SSSR count). The highest BCUT2D eigenvalue weighted by molar-refractivity contribution is 7.92. The van der Waals surface area contributed by atoms with Gasteiger partial charge in [-0.15, -0.1) is 0 Å². The first-order valence-corrected chi connectivity index (χ1v) is 9.88. The predicted octanol–water partition coefficient (Wildman–Crippen LogP) is 2.48. The molecular weight excluding hydrogens is 328 g/mol. The average Bonchev–Trinajstić information content (AvgIpc) is 2.79. The summed E-state index contributed by atoms with van der Waals surface area (Å²) in [6.07, 6.45) is 8.31. The molecule has 7 heteroatoms. The van der Waals surface area contributed by atoms with Crippen LogP contribution in [0, 0.1) is 5.41 Å². The molecule has 1 saturated heterocycles. The van der Waals surface area contributed by atoms with Crippen LogP contribution in [0.3, 0.4) is 0 Å². The molecule has 1 aliphatic carbocycles. The van der Waals surface area contributed by atoms with Crippen molar-refractivity contribution in [2.45, 2.75) is 51.9 Å². The fraction of sp³-hybridized carbons (Fsp3) is 0.588. The number of hydrogen-bond donors (Lipinski definition) is 2. The summed E-state index contributed by atoms with van der Waals surface area (Å²) in [5, 5.41) is 10.2. The number of amides is 1. The number of anilines is 1. The van der Waals surface area contributed by atoms with Crippen molar-refractivity contribution < 1.29 is 18.3 Å². The number of benzene rings is 1. The molecule has 0 unspecified atom stereocenters. The molecule has 0 atom stereocenters. The van der Waals surface area contributed by atoms with Crippen LogP contribution in [0.25, 0.3) is 0 Å². The summed E-state index contributed by atoms with van der Waals surface area (Å²) in [4.78, 5) is 11.3. The Hall–Kier alpha value is -1.76. The van der Waals surface area contributed by atoms with Crippen molar-refractivity contribution in [3.05, 3.63) is 23.8 Å². The Bertz CT molecular complexity index is 739. The Morgan fingerprint density at radius 3 is 2.54 bits per heavy atom. The smallest absolute Gasteiger partial charge is 0.326 e. The van der Waals surface area contributed by atoms with E-state index in [0.29, 0.717) is 5.41 Å². The van der Waals surface area contributed by atoms with Gasteiger partial charge in [-0.25, -0.2) is 9.03 Å². The average molecular weight is 352 g/mol. The molecule has 0 bridgehead atoms. The van der Waals surface area contributed by atoms with Gasteiger partial charge in [0, 0.05) is 0 Å². The minimum atomic E-state index is -3.89. The van der Waals surface area contributed by atoms with Gasteiger partial charge in [-0.1, -0.05) is 32.3 Å². The summed E-state index contributed by atoms with van der Waals surface area (Å²) in [5.41, 5.74) is 1.49. The molecule has 132 valence electrons. The van der Waals surface area contributed by atoms with Crippen LogP contribution < -0.4 is 9.03 Å². The van der Waals surface area contributed by atoms with Crippen molar-refractivity contribution in [1.82, 2.24) is 4.72 Å². The van der Waals surface area contributed by atoms with E-state index in [2.05, 4.69) is 6.92 Å². The van der Waals surface area contributed by atoms with Gasteiger partial charge in [-0.3, -0.25) is 4.79 Å². The number of phenols is 1. The minimum Gasteiger partial charge on any atom is -0.506 e. The zero-order valence-corrected chi connectivity index (χ0v) is 14.7. The molecule has 1 heterocycles. The molecule has 0 radical (unpaired) electrons. The van der Waals surface area contributed by atoms with Crippen LogP contribution in [0.1, 0.15) is 51.0 Å². The second kappa shape index (κ2) is 6.27. The lowest BCUT2D eigenvalue weighted by atomic mass is 9.72. The van der Waals surface area contributed by atoms with Crippen molar-refractivity contribution in [2.24, 2.45) is 5.41 Å². The Kier molecular flexibility index (Phi) is 4.46. The highest BCUT2D eigenvalue weighted by Crippen LogP contribution is 2.40. The van der Waals surface area contributed by atoms with Crippen molar-refractivity contribution in [3.63, 3.8) is 0 Å². The van der Waals surface area contributed by atoms with Crippen LogP contribution in [0.4, 0.5) is 5.69 Å². The van der Waals surface area contributed by atoms with Gasteiger partial charge in [0.2, 0.25) is 0 Å². The van der Waals surface area contributed by atoms with E-state index >= 15 is 0 Å². The molecule has 2 aliphatic rings. The first kappa shape index (κ1) is 17.1. The van der Waals surface area contributed by atoms with E-state index in [1.807, 2.05) is 10.8 Å².